The number of aromatic hydroxyl groups is 1. The summed E-state index contributed by atoms with van der Waals surface area (Å²) in [7, 11) is 0. The van der Waals surface area contributed by atoms with Crippen LogP contribution in [0.3, 0.4) is 0 Å². The van der Waals surface area contributed by atoms with Crippen molar-refractivity contribution in [2.24, 2.45) is 5.10 Å². The first-order chi connectivity index (χ1) is 13.0. The van der Waals surface area contributed by atoms with E-state index in [0.29, 0.717) is 22.1 Å². The molecule has 27 heavy (non-hydrogen) atoms. The van der Waals surface area contributed by atoms with Gasteiger partial charge in [0.15, 0.2) is 0 Å². The minimum Gasteiger partial charge on any atom is -0.507 e. The maximum Gasteiger partial charge on any atom is 0.247 e. The van der Waals surface area contributed by atoms with Gasteiger partial charge in [-0.05, 0) is 24.6 Å². The highest BCUT2D eigenvalue weighted by Crippen LogP contribution is 2.20. The Hall–Kier alpha value is -2.33. The van der Waals surface area contributed by atoms with Crippen LogP contribution < -0.4 is 10.7 Å². The number of halogens is 1. The molecule has 2 aromatic rings. The molecular weight excluding hydrogens is 434 g/mol. The predicted molar refractivity (Wildman–Crippen MR) is 108 cm³/mol. The molecule has 0 saturated heterocycles. The van der Waals surface area contributed by atoms with Crippen molar-refractivity contribution in [3.63, 3.8) is 0 Å². The normalized spacial score (nSPS) is 10.9. The van der Waals surface area contributed by atoms with Gasteiger partial charge < -0.3 is 10.4 Å². The van der Waals surface area contributed by atoms with Crippen molar-refractivity contribution in [3.05, 3.63) is 33.2 Å². The summed E-state index contributed by atoms with van der Waals surface area (Å²) in [5, 5.41) is 24.8. The Morgan fingerprint density at radius 1 is 1.30 bits per heavy atom. The third kappa shape index (κ3) is 7.43. The SMILES string of the molecule is CCCCCC(=O)Nc1nnc(CC(=O)N/N=C\c2cc(Br)ccc2O)s1. The lowest BCUT2D eigenvalue weighted by molar-refractivity contribution is -0.120. The first-order valence-electron chi connectivity index (χ1n) is 8.40. The summed E-state index contributed by atoms with van der Waals surface area (Å²) in [6, 6.07) is 4.89. The van der Waals surface area contributed by atoms with Gasteiger partial charge in [-0.2, -0.15) is 5.10 Å². The third-order valence-electron chi connectivity index (χ3n) is 3.41. The number of hydrazone groups is 1. The number of carbonyl (C=O) groups excluding carboxylic acids is 2. The maximum absolute atomic E-state index is 11.9. The zero-order chi connectivity index (χ0) is 19.6. The maximum atomic E-state index is 11.9. The lowest BCUT2D eigenvalue weighted by Gasteiger charge is -2.00. The smallest absolute Gasteiger partial charge is 0.247 e. The van der Waals surface area contributed by atoms with E-state index in [2.05, 4.69) is 48.9 Å². The quantitative estimate of drug-likeness (QED) is 0.306. The number of phenols is 1. The van der Waals surface area contributed by atoms with E-state index in [1.54, 1.807) is 12.1 Å². The molecule has 1 aromatic carbocycles. The molecular formula is C17H20BrN5O3S. The minimum atomic E-state index is -0.377. The van der Waals surface area contributed by atoms with Crippen molar-refractivity contribution in [3.8, 4) is 5.75 Å². The van der Waals surface area contributed by atoms with Gasteiger partial charge in [-0.25, -0.2) is 5.43 Å². The van der Waals surface area contributed by atoms with Crippen molar-refractivity contribution in [2.75, 3.05) is 5.32 Å². The molecule has 0 aliphatic heterocycles. The number of anilines is 1. The van der Waals surface area contributed by atoms with Crippen LogP contribution in [0.25, 0.3) is 0 Å². The molecule has 0 atom stereocenters. The van der Waals surface area contributed by atoms with Crippen LogP contribution in [0, 0.1) is 0 Å². The summed E-state index contributed by atoms with van der Waals surface area (Å²) in [4.78, 5) is 23.7. The highest BCUT2D eigenvalue weighted by atomic mass is 79.9. The number of rotatable bonds is 9. The van der Waals surface area contributed by atoms with Crippen molar-refractivity contribution in [2.45, 2.75) is 39.0 Å². The molecule has 0 bridgehead atoms. The molecule has 0 spiro atoms. The molecule has 2 rings (SSSR count). The Balaban J connectivity index is 1.80. The number of nitrogens with one attached hydrogen (secondary N) is 2. The van der Waals surface area contributed by atoms with E-state index >= 15 is 0 Å². The second-order valence-corrected chi connectivity index (χ2v) is 7.66. The molecule has 1 aromatic heterocycles. The van der Waals surface area contributed by atoms with E-state index in [0.717, 1.165) is 35.1 Å². The zero-order valence-electron chi connectivity index (χ0n) is 14.7. The van der Waals surface area contributed by atoms with Gasteiger partial charge in [0, 0.05) is 16.5 Å². The average Bonchev–Trinajstić information content (AvgIpc) is 3.05. The number of hydrogen-bond donors (Lipinski definition) is 3. The van der Waals surface area contributed by atoms with Crippen LogP contribution in [0.4, 0.5) is 5.13 Å². The first kappa shape index (κ1) is 21.0. The molecule has 3 N–H and O–H groups in total. The summed E-state index contributed by atoms with van der Waals surface area (Å²) in [6.45, 7) is 2.07. The van der Waals surface area contributed by atoms with Crippen molar-refractivity contribution >= 4 is 50.4 Å². The van der Waals surface area contributed by atoms with Crippen LogP contribution >= 0.6 is 27.3 Å². The fourth-order valence-electron chi connectivity index (χ4n) is 2.07. The van der Waals surface area contributed by atoms with E-state index in [4.69, 9.17) is 0 Å². The van der Waals surface area contributed by atoms with Crippen LogP contribution in [0.5, 0.6) is 5.75 Å². The van der Waals surface area contributed by atoms with E-state index < -0.39 is 0 Å². The van der Waals surface area contributed by atoms with Crippen LogP contribution in [-0.4, -0.2) is 33.3 Å². The van der Waals surface area contributed by atoms with Gasteiger partial charge >= 0.3 is 0 Å². The molecule has 0 radical (unpaired) electrons. The lowest BCUT2D eigenvalue weighted by Crippen LogP contribution is -2.19. The van der Waals surface area contributed by atoms with Crippen LogP contribution in [0.1, 0.15) is 43.2 Å². The van der Waals surface area contributed by atoms with E-state index in [-0.39, 0.29) is 24.0 Å². The summed E-state index contributed by atoms with van der Waals surface area (Å²) < 4.78 is 0.784. The molecule has 0 fully saturated rings. The Labute approximate surface area is 169 Å². The fourth-order valence-corrected chi connectivity index (χ4v) is 3.21. The second-order valence-electron chi connectivity index (χ2n) is 5.68. The van der Waals surface area contributed by atoms with Crippen molar-refractivity contribution in [1.29, 1.82) is 0 Å². The number of nitrogens with zero attached hydrogens (tertiary/aromatic N) is 3. The van der Waals surface area contributed by atoms with E-state index in [1.807, 2.05) is 0 Å². The highest BCUT2D eigenvalue weighted by molar-refractivity contribution is 9.10. The molecule has 8 nitrogen and oxygen atoms in total. The van der Waals surface area contributed by atoms with Gasteiger partial charge in [0.05, 0.1) is 12.6 Å². The number of phenolic OH excluding ortho intramolecular Hbond substituents is 1. The van der Waals surface area contributed by atoms with Crippen molar-refractivity contribution < 1.29 is 14.7 Å². The van der Waals surface area contributed by atoms with Gasteiger partial charge in [0.25, 0.3) is 0 Å². The molecule has 0 aliphatic carbocycles. The summed E-state index contributed by atoms with van der Waals surface area (Å²) in [6.07, 6.45) is 4.68. The molecule has 0 aliphatic rings. The molecule has 0 saturated carbocycles. The van der Waals surface area contributed by atoms with Crippen LogP contribution in [-0.2, 0) is 16.0 Å². The molecule has 144 valence electrons. The first-order valence-corrected chi connectivity index (χ1v) is 10.0. The van der Waals surface area contributed by atoms with Crippen LogP contribution in [0.2, 0.25) is 0 Å². The molecule has 2 amide bonds. The monoisotopic (exact) mass is 453 g/mol. The Morgan fingerprint density at radius 2 is 2.11 bits per heavy atom. The van der Waals surface area contributed by atoms with Gasteiger partial charge in [-0.3, -0.25) is 9.59 Å². The number of amides is 2. The summed E-state index contributed by atoms with van der Waals surface area (Å²) >= 11 is 4.44. The standard InChI is InChI=1S/C17H20BrN5O3S/c1-2-3-4-5-14(25)20-17-23-22-16(27-17)9-15(26)21-19-10-11-8-12(18)6-7-13(11)24/h6-8,10,24H,2-5,9H2,1H3,(H,21,26)(H,20,23,25)/b19-10-. The third-order valence-corrected chi connectivity index (χ3v) is 4.75. The van der Waals surface area contributed by atoms with Gasteiger partial charge in [-0.1, -0.05) is 47.0 Å². The van der Waals surface area contributed by atoms with Crippen LogP contribution in [0.15, 0.2) is 27.8 Å². The topological polar surface area (TPSA) is 117 Å². The zero-order valence-corrected chi connectivity index (χ0v) is 17.1. The van der Waals surface area contributed by atoms with Gasteiger partial charge in [-0.15, -0.1) is 10.2 Å². The fraction of sp³-hybridized carbons (Fsp3) is 0.353. The molecule has 0 unspecified atom stereocenters. The average molecular weight is 454 g/mol. The Kier molecular flexibility index (Phi) is 8.34. The lowest BCUT2D eigenvalue weighted by atomic mass is 10.2. The van der Waals surface area contributed by atoms with E-state index in [9.17, 15) is 14.7 Å². The van der Waals surface area contributed by atoms with Gasteiger partial charge in [0.1, 0.15) is 10.8 Å². The largest absolute Gasteiger partial charge is 0.507 e. The van der Waals surface area contributed by atoms with E-state index in [1.165, 1.54) is 12.3 Å². The Morgan fingerprint density at radius 3 is 2.89 bits per heavy atom. The molecule has 10 heteroatoms. The van der Waals surface area contributed by atoms with Gasteiger partial charge in [0.2, 0.25) is 16.9 Å². The van der Waals surface area contributed by atoms with Crippen molar-refractivity contribution in [1.82, 2.24) is 15.6 Å². The summed E-state index contributed by atoms with van der Waals surface area (Å²) in [5.41, 5.74) is 2.83. The number of unbranched alkanes of at least 4 members (excludes halogenated alkanes) is 2. The number of hydrogen-bond acceptors (Lipinski definition) is 7. The predicted octanol–water partition coefficient (Wildman–Crippen LogP) is 3.22. The minimum absolute atomic E-state index is 0.00875. The second kappa shape index (κ2) is 10.7. The summed E-state index contributed by atoms with van der Waals surface area (Å²) in [5.74, 6) is -0.425. The number of benzene rings is 1. The number of carbonyl (C=O) groups is 2. The highest BCUT2D eigenvalue weighted by Gasteiger charge is 2.11. The molecule has 1 heterocycles. The number of aromatic nitrogens is 2. The Bertz CT molecular complexity index is 825.